The van der Waals surface area contributed by atoms with E-state index in [4.69, 9.17) is 0 Å². The molecule has 0 aliphatic carbocycles. The molecule has 134 valence electrons. The average molecular weight is 357 g/mol. The number of carbonyl (C=O) groups is 1. The molecule has 0 fully saturated rings. The summed E-state index contributed by atoms with van der Waals surface area (Å²) in [5.41, 5.74) is 3.25. The Morgan fingerprint density at radius 3 is 2.74 bits per heavy atom. The molecular weight excluding hydrogens is 338 g/mol. The van der Waals surface area contributed by atoms with Crippen LogP contribution in [0.1, 0.15) is 15.9 Å². The SMILES string of the molecule is CN(C)c1ncnc2cc(C(=O)NCc3ccc4cccnc4c3)ccc12. The van der Waals surface area contributed by atoms with Gasteiger partial charge in [0.25, 0.3) is 5.91 Å². The molecule has 0 aliphatic rings. The van der Waals surface area contributed by atoms with Crippen LogP contribution in [-0.2, 0) is 6.54 Å². The Morgan fingerprint density at radius 2 is 1.89 bits per heavy atom. The number of amides is 1. The van der Waals surface area contributed by atoms with Gasteiger partial charge in [-0.1, -0.05) is 18.2 Å². The number of rotatable bonds is 4. The zero-order valence-corrected chi connectivity index (χ0v) is 15.2. The van der Waals surface area contributed by atoms with Gasteiger partial charge in [0.15, 0.2) is 0 Å². The lowest BCUT2D eigenvalue weighted by molar-refractivity contribution is 0.0951. The number of anilines is 1. The van der Waals surface area contributed by atoms with Gasteiger partial charge in [-0.3, -0.25) is 9.78 Å². The first kappa shape index (κ1) is 16.9. The van der Waals surface area contributed by atoms with E-state index in [1.165, 1.54) is 6.33 Å². The summed E-state index contributed by atoms with van der Waals surface area (Å²) in [6.07, 6.45) is 3.28. The van der Waals surface area contributed by atoms with Crippen molar-refractivity contribution in [1.29, 1.82) is 0 Å². The Kier molecular flexibility index (Phi) is 4.38. The lowest BCUT2D eigenvalue weighted by Crippen LogP contribution is -2.22. The molecule has 0 bridgehead atoms. The Balaban J connectivity index is 1.53. The molecule has 6 heteroatoms. The van der Waals surface area contributed by atoms with Crippen molar-refractivity contribution >= 4 is 33.5 Å². The molecule has 0 atom stereocenters. The first-order chi connectivity index (χ1) is 13.1. The van der Waals surface area contributed by atoms with Gasteiger partial charge in [-0.25, -0.2) is 9.97 Å². The second-order valence-electron chi connectivity index (χ2n) is 6.54. The van der Waals surface area contributed by atoms with E-state index in [0.717, 1.165) is 33.2 Å². The van der Waals surface area contributed by atoms with Gasteiger partial charge in [0.05, 0.1) is 11.0 Å². The van der Waals surface area contributed by atoms with Crippen LogP contribution in [0.5, 0.6) is 0 Å². The molecule has 6 nitrogen and oxygen atoms in total. The van der Waals surface area contributed by atoms with Crippen molar-refractivity contribution in [3.05, 3.63) is 72.2 Å². The van der Waals surface area contributed by atoms with Crippen molar-refractivity contribution in [2.24, 2.45) is 0 Å². The number of aromatic nitrogens is 3. The van der Waals surface area contributed by atoms with E-state index < -0.39 is 0 Å². The second kappa shape index (κ2) is 6.99. The van der Waals surface area contributed by atoms with Crippen LogP contribution >= 0.6 is 0 Å². The summed E-state index contributed by atoms with van der Waals surface area (Å²) in [5.74, 6) is 0.693. The highest BCUT2D eigenvalue weighted by atomic mass is 16.1. The molecule has 4 rings (SSSR count). The molecule has 4 aromatic rings. The number of hydrogen-bond acceptors (Lipinski definition) is 5. The monoisotopic (exact) mass is 357 g/mol. The molecule has 27 heavy (non-hydrogen) atoms. The zero-order chi connectivity index (χ0) is 18.8. The maximum atomic E-state index is 12.6. The van der Waals surface area contributed by atoms with Crippen molar-refractivity contribution in [3.63, 3.8) is 0 Å². The first-order valence-electron chi connectivity index (χ1n) is 8.66. The summed E-state index contributed by atoms with van der Waals surface area (Å²) in [6.45, 7) is 0.441. The van der Waals surface area contributed by atoms with Crippen LogP contribution < -0.4 is 10.2 Å². The van der Waals surface area contributed by atoms with E-state index in [0.29, 0.717) is 12.1 Å². The van der Waals surface area contributed by atoms with Crippen LogP contribution in [0.2, 0.25) is 0 Å². The summed E-state index contributed by atoms with van der Waals surface area (Å²) in [7, 11) is 3.86. The number of nitrogens with zero attached hydrogens (tertiary/aromatic N) is 4. The van der Waals surface area contributed by atoms with Crippen LogP contribution in [0.4, 0.5) is 5.82 Å². The summed E-state index contributed by atoms with van der Waals surface area (Å²) in [5, 5.41) is 4.96. The third-order valence-electron chi connectivity index (χ3n) is 4.42. The second-order valence-corrected chi connectivity index (χ2v) is 6.54. The van der Waals surface area contributed by atoms with Gasteiger partial charge in [0.2, 0.25) is 0 Å². The molecule has 1 N–H and O–H groups in total. The molecule has 0 unspecified atom stereocenters. The van der Waals surface area contributed by atoms with Gasteiger partial charge in [-0.2, -0.15) is 0 Å². The van der Waals surface area contributed by atoms with Crippen LogP contribution in [0, 0.1) is 0 Å². The van der Waals surface area contributed by atoms with Crippen molar-refractivity contribution in [2.45, 2.75) is 6.54 Å². The molecule has 0 radical (unpaired) electrons. The average Bonchev–Trinajstić information content (AvgIpc) is 2.70. The molecule has 0 saturated carbocycles. The van der Waals surface area contributed by atoms with Gasteiger partial charge >= 0.3 is 0 Å². The number of hydrogen-bond donors (Lipinski definition) is 1. The molecule has 1 amide bonds. The molecule has 0 spiro atoms. The van der Waals surface area contributed by atoms with Gasteiger partial charge in [-0.05, 0) is 35.9 Å². The maximum absolute atomic E-state index is 12.6. The number of benzene rings is 2. The Labute approximate surface area is 156 Å². The van der Waals surface area contributed by atoms with E-state index in [1.54, 1.807) is 18.3 Å². The van der Waals surface area contributed by atoms with Crippen LogP contribution in [-0.4, -0.2) is 35.0 Å². The summed E-state index contributed by atoms with van der Waals surface area (Å²) >= 11 is 0. The third kappa shape index (κ3) is 3.42. The highest BCUT2D eigenvalue weighted by Gasteiger charge is 2.10. The highest BCUT2D eigenvalue weighted by molar-refractivity contribution is 5.99. The summed E-state index contributed by atoms with van der Waals surface area (Å²) in [6, 6.07) is 15.4. The minimum absolute atomic E-state index is 0.136. The van der Waals surface area contributed by atoms with Gasteiger partial charge in [-0.15, -0.1) is 0 Å². The van der Waals surface area contributed by atoms with E-state index in [2.05, 4.69) is 20.3 Å². The minimum Gasteiger partial charge on any atom is -0.362 e. The Hall–Kier alpha value is -3.54. The normalized spacial score (nSPS) is 10.9. The highest BCUT2D eigenvalue weighted by Crippen LogP contribution is 2.22. The quantitative estimate of drug-likeness (QED) is 0.607. The third-order valence-corrected chi connectivity index (χ3v) is 4.42. The predicted molar refractivity (Wildman–Crippen MR) is 107 cm³/mol. The molecule has 2 heterocycles. The summed E-state index contributed by atoms with van der Waals surface area (Å²) < 4.78 is 0. The van der Waals surface area contributed by atoms with Crippen molar-refractivity contribution in [2.75, 3.05) is 19.0 Å². The maximum Gasteiger partial charge on any atom is 0.251 e. The van der Waals surface area contributed by atoms with E-state index >= 15 is 0 Å². The van der Waals surface area contributed by atoms with Crippen molar-refractivity contribution < 1.29 is 4.79 Å². The van der Waals surface area contributed by atoms with Crippen molar-refractivity contribution in [3.8, 4) is 0 Å². The molecule has 2 aromatic carbocycles. The van der Waals surface area contributed by atoms with E-state index in [9.17, 15) is 4.79 Å². The zero-order valence-electron chi connectivity index (χ0n) is 15.2. The Bertz CT molecular complexity index is 1140. The van der Waals surface area contributed by atoms with Crippen LogP contribution in [0.25, 0.3) is 21.8 Å². The largest absolute Gasteiger partial charge is 0.362 e. The van der Waals surface area contributed by atoms with Gasteiger partial charge in [0.1, 0.15) is 12.1 Å². The van der Waals surface area contributed by atoms with E-state index in [-0.39, 0.29) is 5.91 Å². The first-order valence-corrected chi connectivity index (χ1v) is 8.66. The number of fused-ring (bicyclic) bond motifs is 2. The fourth-order valence-corrected chi connectivity index (χ4v) is 3.05. The fraction of sp³-hybridized carbons (Fsp3) is 0.143. The lowest BCUT2D eigenvalue weighted by atomic mass is 10.1. The molecule has 0 aliphatic heterocycles. The predicted octanol–water partition coefficient (Wildman–Crippen LogP) is 3.17. The minimum atomic E-state index is -0.136. The number of nitrogens with one attached hydrogen (secondary N) is 1. The standard InChI is InChI=1S/C21H19N5O/c1-26(2)20-17-8-7-16(11-19(17)24-13-25-20)21(27)23-12-14-5-6-15-4-3-9-22-18(15)10-14/h3-11,13H,12H2,1-2H3,(H,23,27). The summed E-state index contributed by atoms with van der Waals surface area (Å²) in [4.78, 5) is 27.4. The molecule has 2 aromatic heterocycles. The molecule has 0 saturated heterocycles. The Morgan fingerprint density at radius 1 is 1.00 bits per heavy atom. The van der Waals surface area contributed by atoms with E-state index in [1.807, 2.05) is 55.4 Å². The fourth-order valence-electron chi connectivity index (χ4n) is 3.05. The number of carbonyl (C=O) groups excluding carboxylic acids is 1. The van der Waals surface area contributed by atoms with Crippen molar-refractivity contribution in [1.82, 2.24) is 20.3 Å². The topological polar surface area (TPSA) is 71.0 Å². The van der Waals surface area contributed by atoms with Gasteiger partial charge < -0.3 is 10.2 Å². The smallest absolute Gasteiger partial charge is 0.251 e. The van der Waals surface area contributed by atoms with Crippen LogP contribution in [0.15, 0.2) is 61.1 Å². The van der Waals surface area contributed by atoms with Crippen LogP contribution in [0.3, 0.4) is 0 Å². The van der Waals surface area contributed by atoms with Gasteiger partial charge in [0, 0.05) is 43.2 Å². The number of pyridine rings is 1. The molecular formula is C21H19N5O. The lowest BCUT2D eigenvalue weighted by Gasteiger charge is -2.13.